The molecule has 2 aliphatic rings. The van der Waals surface area contributed by atoms with Gasteiger partial charge in [-0.25, -0.2) is 0 Å². The summed E-state index contributed by atoms with van der Waals surface area (Å²) in [5, 5.41) is 12.6. The summed E-state index contributed by atoms with van der Waals surface area (Å²) >= 11 is 1.77. The first-order valence-corrected chi connectivity index (χ1v) is 7.61. The van der Waals surface area contributed by atoms with Gasteiger partial charge in [-0.3, -0.25) is 4.79 Å². The SMILES string of the molecule is O=C(C1CCCS1)N(CCO)CC1CCCN1. The molecule has 0 aromatic rings. The van der Waals surface area contributed by atoms with Gasteiger partial charge in [0.15, 0.2) is 0 Å². The lowest BCUT2D eigenvalue weighted by atomic mass is 10.2. The van der Waals surface area contributed by atoms with Gasteiger partial charge in [0, 0.05) is 19.1 Å². The highest BCUT2D eigenvalue weighted by atomic mass is 32.2. The molecule has 2 fully saturated rings. The number of aliphatic hydroxyl groups excluding tert-OH is 1. The summed E-state index contributed by atoms with van der Waals surface area (Å²) in [5.74, 6) is 1.33. The first-order valence-electron chi connectivity index (χ1n) is 6.56. The van der Waals surface area contributed by atoms with Gasteiger partial charge in [0.25, 0.3) is 0 Å². The Morgan fingerprint density at radius 3 is 2.88 bits per heavy atom. The molecule has 0 bridgehead atoms. The van der Waals surface area contributed by atoms with Crippen LogP contribution < -0.4 is 5.32 Å². The monoisotopic (exact) mass is 258 g/mol. The molecule has 0 radical (unpaired) electrons. The fourth-order valence-electron chi connectivity index (χ4n) is 2.57. The fraction of sp³-hybridized carbons (Fsp3) is 0.917. The minimum atomic E-state index is 0.0653. The summed E-state index contributed by atoms with van der Waals surface area (Å²) in [7, 11) is 0. The fourth-order valence-corrected chi connectivity index (χ4v) is 3.81. The molecule has 17 heavy (non-hydrogen) atoms. The number of nitrogens with zero attached hydrogens (tertiary/aromatic N) is 1. The molecule has 2 unspecified atom stereocenters. The van der Waals surface area contributed by atoms with Crippen molar-refractivity contribution in [3.63, 3.8) is 0 Å². The average molecular weight is 258 g/mol. The molecular formula is C12H22N2O2S. The van der Waals surface area contributed by atoms with Crippen molar-refractivity contribution in [3.05, 3.63) is 0 Å². The smallest absolute Gasteiger partial charge is 0.235 e. The van der Waals surface area contributed by atoms with Gasteiger partial charge in [0.2, 0.25) is 5.91 Å². The van der Waals surface area contributed by atoms with Gasteiger partial charge in [0.1, 0.15) is 0 Å². The van der Waals surface area contributed by atoms with Crippen LogP contribution in [-0.4, -0.2) is 59.2 Å². The third-order valence-corrected chi connectivity index (χ3v) is 4.85. The summed E-state index contributed by atoms with van der Waals surface area (Å²) < 4.78 is 0. The minimum Gasteiger partial charge on any atom is -0.395 e. The lowest BCUT2D eigenvalue weighted by Gasteiger charge is -2.27. The number of carbonyl (C=O) groups excluding carboxylic acids is 1. The molecule has 1 amide bonds. The van der Waals surface area contributed by atoms with Gasteiger partial charge in [-0.05, 0) is 38.0 Å². The Morgan fingerprint density at radius 2 is 2.29 bits per heavy atom. The molecule has 2 N–H and O–H groups in total. The zero-order valence-corrected chi connectivity index (χ0v) is 11.0. The van der Waals surface area contributed by atoms with Crippen molar-refractivity contribution >= 4 is 17.7 Å². The quantitative estimate of drug-likeness (QED) is 0.752. The van der Waals surface area contributed by atoms with E-state index in [1.165, 1.54) is 6.42 Å². The number of hydrogen-bond acceptors (Lipinski definition) is 4. The van der Waals surface area contributed by atoms with Crippen molar-refractivity contribution in [1.82, 2.24) is 10.2 Å². The predicted molar refractivity (Wildman–Crippen MR) is 70.2 cm³/mol. The van der Waals surface area contributed by atoms with Crippen LogP contribution in [0.3, 0.4) is 0 Å². The first kappa shape index (κ1) is 13.2. The Balaban J connectivity index is 1.87. The zero-order chi connectivity index (χ0) is 12.1. The summed E-state index contributed by atoms with van der Waals surface area (Å²) in [5.41, 5.74) is 0. The van der Waals surface area contributed by atoms with Gasteiger partial charge in [-0.1, -0.05) is 0 Å². The van der Waals surface area contributed by atoms with Crippen LogP contribution in [-0.2, 0) is 4.79 Å². The molecule has 2 heterocycles. The molecule has 2 rings (SSSR count). The topological polar surface area (TPSA) is 52.6 Å². The van der Waals surface area contributed by atoms with Crippen molar-refractivity contribution in [2.75, 3.05) is 32.0 Å². The largest absolute Gasteiger partial charge is 0.395 e. The van der Waals surface area contributed by atoms with E-state index in [0.29, 0.717) is 12.6 Å². The van der Waals surface area contributed by atoms with Gasteiger partial charge >= 0.3 is 0 Å². The van der Waals surface area contributed by atoms with Crippen LogP contribution in [0.5, 0.6) is 0 Å². The van der Waals surface area contributed by atoms with Crippen LogP contribution in [0, 0.1) is 0 Å². The van der Waals surface area contributed by atoms with E-state index in [-0.39, 0.29) is 17.8 Å². The standard InChI is InChI=1S/C12H22N2O2S/c15-7-6-14(9-10-3-1-5-13-10)12(16)11-4-2-8-17-11/h10-11,13,15H,1-9H2. The number of carbonyl (C=O) groups is 1. The highest BCUT2D eigenvalue weighted by molar-refractivity contribution is 8.00. The maximum Gasteiger partial charge on any atom is 0.235 e. The van der Waals surface area contributed by atoms with E-state index in [1.807, 2.05) is 4.90 Å². The van der Waals surface area contributed by atoms with E-state index in [2.05, 4.69) is 5.32 Å². The molecule has 98 valence electrons. The van der Waals surface area contributed by atoms with E-state index >= 15 is 0 Å². The number of nitrogens with one attached hydrogen (secondary N) is 1. The second-order valence-electron chi connectivity index (χ2n) is 4.80. The summed E-state index contributed by atoms with van der Waals surface area (Å²) in [4.78, 5) is 14.1. The number of hydrogen-bond donors (Lipinski definition) is 2. The molecule has 0 aromatic heterocycles. The molecule has 0 aliphatic carbocycles. The van der Waals surface area contributed by atoms with Crippen molar-refractivity contribution < 1.29 is 9.90 Å². The molecule has 0 saturated carbocycles. The van der Waals surface area contributed by atoms with Crippen molar-refractivity contribution in [2.24, 2.45) is 0 Å². The molecule has 0 spiro atoms. The van der Waals surface area contributed by atoms with Crippen LogP contribution in [0.2, 0.25) is 0 Å². The van der Waals surface area contributed by atoms with Crippen LogP contribution in [0.15, 0.2) is 0 Å². The highest BCUT2D eigenvalue weighted by Gasteiger charge is 2.29. The highest BCUT2D eigenvalue weighted by Crippen LogP contribution is 2.27. The zero-order valence-electron chi connectivity index (χ0n) is 10.2. The van der Waals surface area contributed by atoms with E-state index < -0.39 is 0 Å². The summed E-state index contributed by atoms with van der Waals surface area (Å²) in [6.45, 7) is 2.37. The molecule has 0 aromatic carbocycles. The lowest BCUT2D eigenvalue weighted by Crippen LogP contribution is -2.45. The number of rotatable bonds is 5. The Hall–Kier alpha value is -0.260. The normalized spacial score (nSPS) is 28.5. The van der Waals surface area contributed by atoms with E-state index in [1.54, 1.807) is 11.8 Å². The summed E-state index contributed by atoms with van der Waals surface area (Å²) in [6, 6.07) is 0.428. The maximum absolute atomic E-state index is 12.3. The van der Waals surface area contributed by atoms with Crippen molar-refractivity contribution in [3.8, 4) is 0 Å². The minimum absolute atomic E-state index is 0.0653. The Labute approximate surface area is 107 Å². The predicted octanol–water partition coefficient (Wildman–Crippen LogP) is 0.455. The van der Waals surface area contributed by atoms with Crippen LogP contribution >= 0.6 is 11.8 Å². The first-order chi connectivity index (χ1) is 8.31. The lowest BCUT2D eigenvalue weighted by molar-refractivity contribution is -0.131. The van der Waals surface area contributed by atoms with E-state index in [0.717, 1.165) is 38.1 Å². The van der Waals surface area contributed by atoms with Crippen LogP contribution in [0.25, 0.3) is 0 Å². The maximum atomic E-state index is 12.3. The van der Waals surface area contributed by atoms with E-state index in [4.69, 9.17) is 5.11 Å². The third-order valence-electron chi connectivity index (χ3n) is 3.49. The van der Waals surface area contributed by atoms with Crippen molar-refractivity contribution in [1.29, 1.82) is 0 Å². The molecule has 2 aliphatic heterocycles. The Kier molecular flexibility index (Phi) is 5.13. The number of aliphatic hydroxyl groups is 1. The van der Waals surface area contributed by atoms with Crippen LogP contribution in [0.1, 0.15) is 25.7 Å². The number of thioether (sulfide) groups is 1. The molecule has 4 nitrogen and oxygen atoms in total. The molecule has 2 atom stereocenters. The molecule has 2 saturated heterocycles. The molecule has 5 heteroatoms. The van der Waals surface area contributed by atoms with Crippen molar-refractivity contribution in [2.45, 2.75) is 37.0 Å². The second-order valence-corrected chi connectivity index (χ2v) is 6.11. The molecular weight excluding hydrogens is 236 g/mol. The number of amides is 1. The van der Waals surface area contributed by atoms with Gasteiger partial charge in [0.05, 0.1) is 11.9 Å². The van der Waals surface area contributed by atoms with Gasteiger partial charge in [-0.15, -0.1) is 11.8 Å². The second kappa shape index (κ2) is 6.61. The Bertz CT molecular complexity index is 251. The summed E-state index contributed by atoms with van der Waals surface area (Å²) in [6.07, 6.45) is 4.50. The van der Waals surface area contributed by atoms with Crippen LogP contribution in [0.4, 0.5) is 0 Å². The average Bonchev–Trinajstić information content (AvgIpc) is 3.00. The van der Waals surface area contributed by atoms with Gasteiger partial charge < -0.3 is 15.3 Å². The third kappa shape index (κ3) is 3.60. The van der Waals surface area contributed by atoms with E-state index in [9.17, 15) is 4.79 Å². The Morgan fingerprint density at radius 1 is 1.41 bits per heavy atom. The van der Waals surface area contributed by atoms with Gasteiger partial charge in [-0.2, -0.15) is 0 Å².